The van der Waals surface area contributed by atoms with Crippen LogP contribution in [0.2, 0.25) is 5.02 Å². The Hall–Kier alpha value is -1.90. The number of hydrogen-bond acceptors (Lipinski definition) is 4. The molecule has 1 saturated heterocycles. The van der Waals surface area contributed by atoms with Crippen molar-refractivity contribution in [3.8, 4) is 0 Å². The molecule has 158 valence electrons. The summed E-state index contributed by atoms with van der Waals surface area (Å²) in [4.78, 5) is 14.9. The van der Waals surface area contributed by atoms with Gasteiger partial charge in [-0.2, -0.15) is 0 Å². The van der Waals surface area contributed by atoms with Crippen LogP contribution in [-0.2, 0) is 16.4 Å². The van der Waals surface area contributed by atoms with E-state index < -0.39 is 27.6 Å². The van der Waals surface area contributed by atoms with Crippen LogP contribution in [0.5, 0.6) is 0 Å². The molecule has 1 aliphatic heterocycles. The lowest BCUT2D eigenvalue weighted by Crippen LogP contribution is -2.41. The van der Waals surface area contributed by atoms with Gasteiger partial charge in [-0.1, -0.05) is 33.6 Å². The zero-order valence-corrected chi connectivity index (χ0v) is 19.2. The molecule has 1 unspecified atom stereocenters. The minimum atomic E-state index is -3.27. The molecule has 1 aliphatic rings. The number of aryl methyl sites for hydroxylation is 1. The molecule has 0 bridgehead atoms. The molecule has 1 fully saturated rings. The Bertz CT molecular complexity index is 1240. The molecule has 1 amide bonds. The van der Waals surface area contributed by atoms with Gasteiger partial charge in [0.2, 0.25) is 0 Å². The number of rotatable bonds is 4. The van der Waals surface area contributed by atoms with Gasteiger partial charge in [0.1, 0.15) is 11.4 Å². The maximum Gasteiger partial charge on any atom is 0.290 e. The van der Waals surface area contributed by atoms with Crippen LogP contribution in [0.25, 0.3) is 11.0 Å². The number of furan rings is 1. The first-order valence-corrected chi connectivity index (χ1v) is 12.3. The van der Waals surface area contributed by atoms with Gasteiger partial charge in [-0.05, 0) is 43.7 Å². The average molecular weight is 515 g/mol. The molecule has 2 aromatic carbocycles. The molecule has 1 atom stereocenters. The van der Waals surface area contributed by atoms with E-state index in [4.69, 9.17) is 16.0 Å². The fourth-order valence-corrected chi connectivity index (χ4v) is 6.07. The lowest BCUT2D eigenvalue weighted by atomic mass is 10.1. The number of fused-ring (bicyclic) bond motifs is 1. The van der Waals surface area contributed by atoms with Crippen molar-refractivity contribution in [3.63, 3.8) is 0 Å². The summed E-state index contributed by atoms with van der Waals surface area (Å²) in [6.07, 6.45) is 0.283. The van der Waals surface area contributed by atoms with Gasteiger partial charge in [-0.3, -0.25) is 4.79 Å². The normalized spacial score (nSPS) is 18.1. The largest absolute Gasteiger partial charge is 0.451 e. The van der Waals surface area contributed by atoms with Crippen LogP contribution in [0.3, 0.4) is 0 Å². The van der Waals surface area contributed by atoms with Crippen molar-refractivity contribution in [1.29, 1.82) is 0 Å². The zero-order chi connectivity index (χ0) is 21.6. The van der Waals surface area contributed by atoms with E-state index in [-0.39, 0.29) is 40.8 Å². The summed E-state index contributed by atoms with van der Waals surface area (Å²) in [5, 5.41) is 0.961. The Balaban J connectivity index is 1.77. The van der Waals surface area contributed by atoms with Crippen molar-refractivity contribution in [2.45, 2.75) is 25.9 Å². The maximum atomic E-state index is 14.4. The Kier molecular flexibility index (Phi) is 5.67. The summed E-state index contributed by atoms with van der Waals surface area (Å²) in [6, 6.07) is 9.15. The van der Waals surface area contributed by atoms with Crippen molar-refractivity contribution in [1.82, 2.24) is 4.90 Å². The van der Waals surface area contributed by atoms with Gasteiger partial charge in [0.25, 0.3) is 5.91 Å². The molecule has 0 aliphatic carbocycles. The molecule has 4 rings (SSSR count). The van der Waals surface area contributed by atoms with Crippen LogP contribution in [-0.4, -0.2) is 36.8 Å². The first kappa shape index (κ1) is 21.3. The Morgan fingerprint density at radius 1 is 1.33 bits per heavy atom. The number of amides is 1. The summed E-state index contributed by atoms with van der Waals surface area (Å²) in [5.41, 5.74) is 1.33. The van der Waals surface area contributed by atoms with Crippen molar-refractivity contribution >= 4 is 54.2 Å². The van der Waals surface area contributed by atoms with Gasteiger partial charge in [0.15, 0.2) is 15.6 Å². The Labute approximate surface area is 186 Å². The van der Waals surface area contributed by atoms with Crippen LogP contribution in [0.15, 0.2) is 45.3 Å². The minimum absolute atomic E-state index is 0.0154. The van der Waals surface area contributed by atoms with E-state index in [1.165, 1.54) is 23.1 Å². The Morgan fingerprint density at radius 3 is 2.77 bits per heavy atom. The van der Waals surface area contributed by atoms with Crippen LogP contribution >= 0.6 is 27.5 Å². The number of carbonyl (C=O) groups excluding carboxylic acids is 1. The SMILES string of the molecule is Cc1c(C(=O)N(Cc2c(F)cccc2Cl)C2CCS(=O)(=O)C2)oc2cc(Br)ccc12. The molecule has 0 N–H and O–H groups in total. The highest BCUT2D eigenvalue weighted by atomic mass is 79.9. The average Bonchev–Trinajstić information content (AvgIpc) is 3.20. The van der Waals surface area contributed by atoms with E-state index in [9.17, 15) is 17.6 Å². The summed E-state index contributed by atoms with van der Waals surface area (Å²) >= 11 is 9.56. The highest BCUT2D eigenvalue weighted by Gasteiger charge is 2.37. The van der Waals surface area contributed by atoms with Gasteiger partial charge in [-0.15, -0.1) is 0 Å². The van der Waals surface area contributed by atoms with Crippen LogP contribution in [0, 0.1) is 12.7 Å². The number of halogens is 3. The quantitative estimate of drug-likeness (QED) is 0.484. The predicted molar refractivity (Wildman–Crippen MR) is 117 cm³/mol. The molecule has 5 nitrogen and oxygen atoms in total. The second-order valence-corrected chi connectivity index (χ2v) is 10.9. The van der Waals surface area contributed by atoms with E-state index in [0.717, 1.165) is 9.86 Å². The molecule has 0 saturated carbocycles. The van der Waals surface area contributed by atoms with E-state index in [0.29, 0.717) is 11.1 Å². The van der Waals surface area contributed by atoms with E-state index in [2.05, 4.69) is 15.9 Å². The minimum Gasteiger partial charge on any atom is -0.451 e. The molecule has 0 spiro atoms. The topological polar surface area (TPSA) is 67.6 Å². The highest BCUT2D eigenvalue weighted by Crippen LogP contribution is 2.32. The molecular formula is C21H18BrClFNO4S. The fourth-order valence-electron chi connectivity index (χ4n) is 3.78. The van der Waals surface area contributed by atoms with Crippen molar-refractivity contribution < 1.29 is 22.0 Å². The second kappa shape index (κ2) is 7.98. The molecule has 9 heteroatoms. The summed E-state index contributed by atoms with van der Waals surface area (Å²) < 4.78 is 45.2. The molecule has 1 aromatic heterocycles. The third-order valence-corrected chi connectivity index (χ3v) is 7.99. The molecular weight excluding hydrogens is 497 g/mol. The van der Waals surface area contributed by atoms with E-state index in [1.54, 1.807) is 13.0 Å². The summed E-state index contributed by atoms with van der Waals surface area (Å²) in [5.74, 6) is -1.11. The van der Waals surface area contributed by atoms with Crippen molar-refractivity contribution in [2.75, 3.05) is 11.5 Å². The third-order valence-electron chi connectivity index (χ3n) is 5.39. The smallest absolute Gasteiger partial charge is 0.290 e. The number of benzene rings is 2. The van der Waals surface area contributed by atoms with Crippen LogP contribution in [0.4, 0.5) is 4.39 Å². The molecule has 3 aromatic rings. The molecule has 2 heterocycles. The van der Waals surface area contributed by atoms with Gasteiger partial charge < -0.3 is 9.32 Å². The van der Waals surface area contributed by atoms with Crippen LogP contribution < -0.4 is 0 Å². The third kappa shape index (κ3) is 4.00. The van der Waals surface area contributed by atoms with E-state index in [1.807, 2.05) is 12.1 Å². The summed E-state index contributed by atoms with van der Waals surface area (Å²) in [7, 11) is -3.27. The second-order valence-electron chi connectivity index (χ2n) is 7.39. The van der Waals surface area contributed by atoms with Gasteiger partial charge in [0.05, 0.1) is 18.1 Å². The molecule has 30 heavy (non-hydrogen) atoms. The van der Waals surface area contributed by atoms with Gasteiger partial charge in [0, 0.05) is 32.1 Å². The van der Waals surface area contributed by atoms with Crippen molar-refractivity contribution in [2.24, 2.45) is 0 Å². The van der Waals surface area contributed by atoms with Crippen molar-refractivity contribution in [3.05, 3.63) is 68.6 Å². The molecule has 0 radical (unpaired) electrons. The van der Waals surface area contributed by atoms with Gasteiger partial charge in [-0.25, -0.2) is 12.8 Å². The number of hydrogen-bond donors (Lipinski definition) is 0. The predicted octanol–water partition coefficient (Wildman–Crippen LogP) is 5.13. The van der Waals surface area contributed by atoms with Crippen LogP contribution in [0.1, 0.15) is 28.1 Å². The summed E-state index contributed by atoms with van der Waals surface area (Å²) in [6.45, 7) is 1.62. The first-order chi connectivity index (χ1) is 14.2. The Morgan fingerprint density at radius 2 is 2.10 bits per heavy atom. The lowest BCUT2D eigenvalue weighted by molar-refractivity contribution is 0.0647. The standard InChI is InChI=1S/C21H18BrClFNO4S/c1-12-15-6-5-13(22)9-19(15)29-20(12)21(26)25(14-7-8-30(27,28)11-14)10-16-17(23)3-2-4-18(16)24/h2-6,9,14H,7-8,10-11H2,1H3. The lowest BCUT2D eigenvalue weighted by Gasteiger charge is -2.28. The zero-order valence-electron chi connectivity index (χ0n) is 16.0. The highest BCUT2D eigenvalue weighted by molar-refractivity contribution is 9.10. The maximum absolute atomic E-state index is 14.4. The first-order valence-electron chi connectivity index (χ1n) is 9.29. The fraction of sp³-hybridized carbons (Fsp3) is 0.286. The number of sulfone groups is 1. The monoisotopic (exact) mass is 513 g/mol. The van der Waals surface area contributed by atoms with Gasteiger partial charge >= 0.3 is 0 Å². The number of carbonyl (C=O) groups is 1. The van der Waals surface area contributed by atoms with E-state index >= 15 is 0 Å². The number of nitrogens with zero attached hydrogens (tertiary/aromatic N) is 1.